The lowest BCUT2D eigenvalue weighted by Gasteiger charge is -2.16. The van der Waals surface area contributed by atoms with Crippen molar-refractivity contribution in [1.29, 1.82) is 0 Å². The second-order valence-electron chi connectivity index (χ2n) is 4.39. The van der Waals surface area contributed by atoms with Gasteiger partial charge in [0.1, 0.15) is 0 Å². The number of hydrogen-bond donors (Lipinski definition) is 2. The smallest absolute Gasteiger partial charge is 0.278 e. The summed E-state index contributed by atoms with van der Waals surface area (Å²) in [7, 11) is 0. The van der Waals surface area contributed by atoms with Crippen molar-refractivity contribution in [3.05, 3.63) is 33.5 Å². The van der Waals surface area contributed by atoms with Crippen molar-refractivity contribution in [2.45, 2.75) is 23.1 Å². The number of imidazole rings is 1. The number of H-pyrrole nitrogens is 1. The number of thioether (sulfide) groups is 1. The van der Waals surface area contributed by atoms with E-state index >= 15 is 0 Å². The molecule has 10 heteroatoms. The van der Waals surface area contributed by atoms with E-state index in [0.29, 0.717) is 12.1 Å². The minimum absolute atomic E-state index is 0.00468. The topological polar surface area (TPSA) is 133 Å². The molecule has 1 fully saturated rings. The van der Waals surface area contributed by atoms with Crippen molar-refractivity contribution in [1.82, 2.24) is 19.5 Å². The van der Waals surface area contributed by atoms with Crippen LogP contribution in [-0.4, -0.2) is 42.5 Å². The van der Waals surface area contributed by atoms with E-state index in [0.717, 1.165) is 0 Å². The van der Waals surface area contributed by atoms with E-state index < -0.39 is 0 Å². The number of aromatic amines is 1. The number of aliphatic hydroxyl groups excluding tert-OH is 1. The highest BCUT2D eigenvalue weighted by molar-refractivity contribution is 8.00. The summed E-state index contributed by atoms with van der Waals surface area (Å²) in [6.07, 6.45) is 3.41. The number of rotatable bonds is 3. The predicted octanol–water partition coefficient (Wildman–Crippen LogP) is 0.795. The molecule has 3 heterocycles. The Bertz CT molecular complexity index is 735. The number of nitrogens with zero attached hydrogens (tertiary/aromatic N) is 6. The summed E-state index contributed by atoms with van der Waals surface area (Å²) in [5.74, 6) is 0. The van der Waals surface area contributed by atoms with Gasteiger partial charge in [-0.1, -0.05) is 5.11 Å². The first-order chi connectivity index (χ1) is 9.74. The van der Waals surface area contributed by atoms with Crippen LogP contribution >= 0.6 is 11.8 Å². The molecule has 1 aliphatic rings. The molecule has 0 radical (unpaired) electrons. The first-order valence-electron chi connectivity index (χ1n) is 5.95. The molecule has 0 aromatic carbocycles. The molecule has 1 saturated heterocycles. The maximum absolute atomic E-state index is 11.6. The molecule has 0 bridgehead atoms. The Morgan fingerprint density at radius 1 is 1.65 bits per heavy atom. The van der Waals surface area contributed by atoms with Gasteiger partial charge in [0.25, 0.3) is 5.56 Å². The molecule has 2 N–H and O–H groups in total. The highest BCUT2D eigenvalue weighted by Crippen LogP contribution is 2.44. The molecular weight excluding hydrogens is 282 g/mol. The SMILES string of the molecule is [N-]=[N+]=N[C@H]1C[C@H](CO)S[C@H]1n1cnc2c(=O)[nH]cnc21. The molecule has 0 aliphatic carbocycles. The highest BCUT2D eigenvalue weighted by Gasteiger charge is 2.36. The maximum atomic E-state index is 11.6. The summed E-state index contributed by atoms with van der Waals surface area (Å²) in [5.41, 5.74) is 9.04. The zero-order valence-electron chi connectivity index (χ0n) is 10.2. The molecule has 0 amide bonds. The molecule has 2 aromatic heterocycles. The van der Waals surface area contributed by atoms with Crippen LogP contribution in [0.3, 0.4) is 0 Å². The minimum atomic E-state index is -0.309. The Morgan fingerprint density at radius 2 is 2.50 bits per heavy atom. The number of aliphatic hydroxyl groups is 1. The number of hydrogen-bond acceptors (Lipinski definition) is 6. The first-order valence-corrected chi connectivity index (χ1v) is 6.89. The third-order valence-corrected chi connectivity index (χ3v) is 4.75. The number of azide groups is 1. The van der Waals surface area contributed by atoms with Gasteiger partial charge in [-0.25, -0.2) is 9.97 Å². The summed E-state index contributed by atoms with van der Waals surface area (Å²) >= 11 is 1.49. The summed E-state index contributed by atoms with van der Waals surface area (Å²) in [5, 5.41) is 12.8. The van der Waals surface area contributed by atoms with E-state index in [-0.39, 0.29) is 34.3 Å². The molecule has 0 unspecified atom stereocenters. The third-order valence-electron chi connectivity index (χ3n) is 3.21. The van der Waals surface area contributed by atoms with Gasteiger partial charge in [0.2, 0.25) is 0 Å². The van der Waals surface area contributed by atoms with Gasteiger partial charge in [0.05, 0.1) is 30.7 Å². The van der Waals surface area contributed by atoms with Gasteiger partial charge in [-0.3, -0.25) is 4.79 Å². The van der Waals surface area contributed by atoms with Gasteiger partial charge in [0, 0.05) is 10.2 Å². The predicted molar refractivity (Wildman–Crippen MR) is 73.2 cm³/mol. The molecular formula is C10H11N7O2S. The normalized spacial score (nSPS) is 25.8. The number of aromatic nitrogens is 4. The second-order valence-corrected chi connectivity index (χ2v) is 5.82. The van der Waals surface area contributed by atoms with E-state index in [4.69, 9.17) is 5.53 Å². The Labute approximate surface area is 116 Å². The first kappa shape index (κ1) is 13.0. The monoisotopic (exact) mass is 293 g/mol. The van der Waals surface area contributed by atoms with E-state index in [1.165, 1.54) is 24.4 Å². The number of nitrogens with one attached hydrogen (secondary N) is 1. The van der Waals surface area contributed by atoms with Crippen LogP contribution in [-0.2, 0) is 0 Å². The second kappa shape index (κ2) is 5.16. The molecule has 0 spiro atoms. The summed E-state index contributed by atoms with van der Waals surface area (Å²) in [6, 6.07) is -0.305. The largest absolute Gasteiger partial charge is 0.395 e. The number of fused-ring (bicyclic) bond motifs is 1. The quantitative estimate of drug-likeness (QED) is 0.490. The molecule has 20 heavy (non-hydrogen) atoms. The van der Waals surface area contributed by atoms with Crippen LogP contribution in [0, 0.1) is 0 Å². The van der Waals surface area contributed by atoms with Crippen LogP contribution in [0.15, 0.2) is 22.6 Å². The molecule has 9 nitrogen and oxygen atoms in total. The Hall–Kier alpha value is -2.03. The fourth-order valence-electron chi connectivity index (χ4n) is 2.32. The molecule has 1 aliphatic heterocycles. The van der Waals surface area contributed by atoms with Crippen molar-refractivity contribution in [2.75, 3.05) is 6.61 Å². The average molecular weight is 293 g/mol. The van der Waals surface area contributed by atoms with Crippen LogP contribution in [0.2, 0.25) is 0 Å². The van der Waals surface area contributed by atoms with Gasteiger partial charge >= 0.3 is 0 Å². The fraction of sp³-hybridized carbons (Fsp3) is 0.500. The summed E-state index contributed by atoms with van der Waals surface area (Å²) < 4.78 is 1.73. The van der Waals surface area contributed by atoms with Crippen LogP contribution in [0.4, 0.5) is 0 Å². The maximum Gasteiger partial charge on any atom is 0.278 e. The Balaban J connectivity index is 2.07. The van der Waals surface area contributed by atoms with E-state index in [1.54, 1.807) is 4.57 Å². The molecule has 2 aromatic rings. The highest BCUT2D eigenvalue weighted by atomic mass is 32.2. The van der Waals surface area contributed by atoms with E-state index in [2.05, 4.69) is 25.0 Å². The van der Waals surface area contributed by atoms with Crippen LogP contribution in [0.25, 0.3) is 21.6 Å². The van der Waals surface area contributed by atoms with Crippen molar-refractivity contribution in [3.63, 3.8) is 0 Å². The summed E-state index contributed by atoms with van der Waals surface area (Å²) in [6.45, 7) is 0.0132. The molecule has 3 atom stereocenters. The van der Waals surface area contributed by atoms with Gasteiger partial charge in [-0.15, -0.1) is 11.8 Å². The fourth-order valence-corrected chi connectivity index (χ4v) is 3.74. The lowest BCUT2D eigenvalue weighted by atomic mass is 10.2. The van der Waals surface area contributed by atoms with Crippen molar-refractivity contribution in [3.8, 4) is 0 Å². The van der Waals surface area contributed by atoms with Crippen LogP contribution in [0.1, 0.15) is 11.8 Å². The van der Waals surface area contributed by atoms with E-state index in [1.807, 2.05) is 0 Å². The van der Waals surface area contributed by atoms with Crippen LogP contribution in [0.5, 0.6) is 0 Å². The van der Waals surface area contributed by atoms with Crippen molar-refractivity contribution in [2.24, 2.45) is 5.11 Å². The Morgan fingerprint density at radius 3 is 3.25 bits per heavy atom. The average Bonchev–Trinajstić information content (AvgIpc) is 3.03. The third kappa shape index (κ3) is 2.03. The zero-order chi connectivity index (χ0) is 14.1. The lowest BCUT2D eigenvalue weighted by molar-refractivity contribution is 0.289. The molecule has 3 rings (SSSR count). The van der Waals surface area contributed by atoms with Crippen molar-refractivity contribution >= 4 is 22.9 Å². The molecule has 0 saturated carbocycles. The summed E-state index contributed by atoms with van der Waals surface area (Å²) in [4.78, 5) is 25.1. The standard InChI is InChI=1S/C10H11N7O2S/c11-16-15-6-1-5(2-18)20-10(6)17-4-14-7-8(17)12-3-13-9(7)19/h3-6,10,18H,1-2H2,(H,12,13,19)/t5-,6+,10-/m1/s1. The Kier molecular flexibility index (Phi) is 3.35. The van der Waals surface area contributed by atoms with Gasteiger partial charge < -0.3 is 14.7 Å². The lowest BCUT2D eigenvalue weighted by Crippen LogP contribution is -2.15. The molecule has 104 valence electrons. The van der Waals surface area contributed by atoms with Crippen molar-refractivity contribution < 1.29 is 5.11 Å². The zero-order valence-corrected chi connectivity index (χ0v) is 11.1. The van der Waals surface area contributed by atoms with Gasteiger partial charge in [-0.2, -0.15) is 0 Å². The van der Waals surface area contributed by atoms with Gasteiger partial charge in [-0.05, 0) is 12.0 Å². The van der Waals surface area contributed by atoms with Crippen LogP contribution < -0.4 is 5.56 Å². The minimum Gasteiger partial charge on any atom is -0.395 e. The van der Waals surface area contributed by atoms with E-state index in [9.17, 15) is 9.90 Å². The van der Waals surface area contributed by atoms with Gasteiger partial charge in [0.15, 0.2) is 11.2 Å².